The molecule has 0 spiro atoms. The Morgan fingerprint density at radius 2 is 2.13 bits per heavy atom. The molecule has 0 saturated carbocycles. The van der Waals surface area contributed by atoms with E-state index in [1.54, 1.807) is 0 Å². The van der Waals surface area contributed by atoms with Crippen LogP contribution in [0.15, 0.2) is 18.2 Å². The maximum absolute atomic E-state index is 5.99. The maximum Gasteiger partial charge on any atom is 0.0460 e. The number of hydrogen-bond donors (Lipinski definition) is 2. The highest BCUT2D eigenvalue weighted by atomic mass is 35.5. The first-order chi connectivity index (χ1) is 6.84. The number of H-pyrrole nitrogens is 1. The molecule has 80 valence electrons. The summed E-state index contributed by atoms with van der Waals surface area (Å²) in [4.78, 5) is 3.42. The summed E-state index contributed by atoms with van der Waals surface area (Å²) in [5, 5.41) is 5.46. The summed E-state index contributed by atoms with van der Waals surface area (Å²) in [5.41, 5.74) is 3.94. The Morgan fingerprint density at radius 1 is 1.27 bits per heavy atom. The highest BCUT2D eigenvalue weighted by Crippen LogP contribution is 2.27. The molecule has 0 radical (unpaired) electrons. The van der Waals surface area contributed by atoms with Gasteiger partial charge < -0.3 is 22.7 Å². The van der Waals surface area contributed by atoms with Crippen molar-refractivity contribution in [2.75, 3.05) is 6.54 Å². The van der Waals surface area contributed by atoms with E-state index >= 15 is 0 Å². The molecule has 0 unspecified atom stereocenters. The predicted octanol–water partition coefficient (Wildman–Crippen LogP) is -0.529. The van der Waals surface area contributed by atoms with Gasteiger partial charge in [0.2, 0.25) is 0 Å². The molecule has 2 aromatic rings. The van der Waals surface area contributed by atoms with Gasteiger partial charge in [0.05, 0.1) is 0 Å². The van der Waals surface area contributed by atoms with Crippen LogP contribution in [0.4, 0.5) is 0 Å². The normalized spacial score (nSPS) is 14.7. The first-order valence-electron chi connectivity index (χ1n) is 4.84. The Hall–Kier alpha value is -0.700. The zero-order chi connectivity index (χ0) is 9.54. The van der Waals surface area contributed by atoms with E-state index in [1.807, 2.05) is 6.07 Å². The Bertz CT molecular complexity index is 491. The second-order valence-corrected chi connectivity index (χ2v) is 4.14. The van der Waals surface area contributed by atoms with Crippen molar-refractivity contribution in [3.8, 4) is 0 Å². The lowest BCUT2D eigenvalue weighted by atomic mass is 10.1. The maximum atomic E-state index is 5.99. The second-order valence-electron chi connectivity index (χ2n) is 3.70. The number of benzene rings is 1. The summed E-state index contributed by atoms with van der Waals surface area (Å²) in [6.07, 6.45) is 1.09. The van der Waals surface area contributed by atoms with Crippen LogP contribution in [0.1, 0.15) is 11.3 Å². The third kappa shape index (κ3) is 1.73. The number of aromatic amines is 1. The molecule has 0 bridgehead atoms. The summed E-state index contributed by atoms with van der Waals surface area (Å²) < 4.78 is 0. The van der Waals surface area contributed by atoms with Crippen LogP contribution in [-0.2, 0) is 13.0 Å². The molecule has 0 amide bonds. The van der Waals surface area contributed by atoms with E-state index in [-0.39, 0.29) is 12.4 Å². The number of fused-ring (bicyclic) bond motifs is 3. The zero-order valence-corrected chi connectivity index (χ0v) is 9.62. The van der Waals surface area contributed by atoms with Crippen LogP contribution in [0.2, 0.25) is 5.02 Å². The first-order valence-corrected chi connectivity index (χ1v) is 5.22. The standard InChI is InChI=1S/C11H11ClN2.ClH/c12-7-1-2-10-9(5-7)8-3-4-13-6-11(8)14-10;/h1-2,5,13-14H,3-4,6H2;1H/p-1. The van der Waals surface area contributed by atoms with E-state index in [9.17, 15) is 0 Å². The molecule has 0 fully saturated rings. The van der Waals surface area contributed by atoms with E-state index in [4.69, 9.17) is 11.6 Å². The Balaban J connectivity index is 0.000000853. The van der Waals surface area contributed by atoms with Crippen LogP contribution in [0.3, 0.4) is 0 Å². The minimum atomic E-state index is 0. The molecule has 3 rings (SSSR count). The first kappa shape index (κ1) is 10.8. The van der Waals surface area contributed by atoms with Crippen LogP contribution in [-0.4, -0.2) is 11.5 Å². The van der Waals surface area contributed by atoms with Gasteiger partial charge in [-0.15, -0.1) is 0 Å². The van der Waals surface area contributed by atoms with E-state index in [0.29, 0.717) is 0 Å². The molecule has 0 aliphatic carbocycles. The van der Waals surface area contributed by atoms with Crippen molar-refractivity contribution in [3.05, 3.63) is 34.5 Å². The van der Waals surface area contributed by atoms with Crippen molar-refractivity contribution in [1.82, 2.24) is 10.3 Å². The van der Waals surface area contributed by atoms with E-state index in [2.05, 4.69) is 22.4 Å². The van der Waals surface area contributed by atoms with Gasteiger partial charge in [0, 0.05) is 28.2 Å². The highest BCUT2D eigenvalue weighted by molar-refractivity contribution is 6.31. The van der Waals surface area contributed by atoms with Gasteiger partial charge in [-0.05, 0) is 36.7 Å². The lowest BCUT2D eigenvalue weighted by molar-refractivity contribution is -0.00000277. The minimum absolute atomic E-state index is 0. The quantitative estimate of drug-likeness (QED) is 0.638. The van der Waals surface area contributed by atoms with Crippen molar-refractivity contribution < 1.29 is 12.4 Å². The fraction of sp³-hybridized carbons (Fsp3) is 0.273. The monoisotopic (exact) mass is 241 g/mol. The van der Waals surface area contributed by atoms with Crippen LogP contribution in [0, 0.1) is 0 Å². The summed E-state index contributed by atoms with van der Waals surface area (Å²) in [6, 6.07) is 6.03. The van der Waals surface area contributed by atoms with Crippen LogP contribution in [0.5, 0.6) is 0 Å². The molecule has 2 heterocycles. The molecule has 0 atom stereocenters. The van der Waals surface area contributed by atoms with Gasteiger partial charge in [0.15, 0.2) is 0 Å². The molecular weight excluding hydrogens is 231 g/mol. The molecule has 4 heteroatoms. The van der Waals surface area contributed by atoms with Crippen molar-refractivity contribution >= 4 is 22.5 Å². The Kier molecular flexibility index (Phi) is 2.91. The minimum Gasteiger partial charge on any atom is -1.00 e. The summed E-state index contributed by atoms with van der Waals surface area (Å²) >= 11 is 5.99. The average molecular weight is 242 g/mol. The third-order valence-electron chi connectivity index (χ3n) is 2.81. The van der Waals surface area contributed by atoms with Crippen molar-refractivity contribution in [2.24, 2.45) is 0 Å². The van der Waals surface area contributed by atoms with Gasteiger partial charge in [-0.2, -0.15) is 0 Å². The van der Waals surface area contributed by atoms with E-state index in [1.165, 1.54) is 22.2 Å². The van der Waals surface area contributed by atoms with Crippen LogP contribution < -0.4 is 17.7 Å². The Morgan fingerprint density at radius 3 is 3.00 bits per heavy atom. The molecule has 1 aromatic heterocycles. The van der Waals surface area contributed by atoms with Crippen molar-refractivity contribution in [1.29, 1.82) is 0 Å². The SMILES string of the molecule is Clc1ccc2[nH]c3c(c2c1)CCNC3.[Cl-]. The largest absolute Gasteiger partial charge is 1.00 e. The predicted molar refractivity (Wildman–Crippen MR) is 58.7 cm³/mol. The van der Waals surface area contributed by atoms with Crippen LogP contribution in [0.25, 0.3) is 10.9 Å². The summed E-state index contributed by atoms with van der Waals surface area (Å²) in [6.45, 7) is 2.01. The van der Waals surface area contributed by atoms with E-state index < -0.39 is 0 Å². The van der Waals surface area contributed by atoms with Gasteiger partial charge in [0.1, 0.15) is 0 Å². The Labute approximate surface area is 99.4 Å². The topological polar surface area (TPSA) is 27.8 Å². The summed E-state index contributed by atoms with van der Waals surface area (Å²) in [5.74, 6) is 0. The molecule has 1 aliphatic rings. The zero-order valence-electron chi connectivity index (χ0n) is 8.11. The second kappa shape index (κ2) is 4.05. The van der Waals surface area contributed by atoms with Gasteiger partial charge in [-0.25, -0.2) is 0 Å². The lowest BCUT2D eigenvalue weighted by Gasteiger charge is -2.12. The molecule has 1 aromatic carbocycles. The smallest absolute Gasteiger partial charge is 0.0460 e. The molecule has 1 aliphatic heterocycles. The van der Waals surface area contributed by atoms with Gasteiger partial charge >= 0.3 is 0 Å². The third-order valence-corrected chi connectivity index (χ3v) is 3.05. The summed E-state index contributed by atoms with van der Waals surface area (Å²) in [7, 11) is 0. The number of nitrogens with one attached hydrogen (secondary N) is 2. The van der Waals surface area contributed by atoms with Gasteiger partial charge in [0.25, 0.3) is 0 Å². The fourth-order valence-corrected chi connectivity index (χ4v) is 2.31. The molecular formula is C11H11Cl2N2-. The highest BCUT2D eigenvalue weighted by Gasteiger charge is 2.14. The number of halogens is 2. The number of rotatable bonds is 0. The number of aromatic nitrogens is 1. The van der Waals surface area contributed by atoms with Crippen molar-refractivity contribution in [2.45, 2.75) is 13.0 Å². The number of hydrogen-bond acceptors (Lipinski definition) is 1. The van der Waals surface area contributed by atoms with Gasteiger partial charge in [-0.3, -0.25) is 0 Å². The van der Waals surface area contributed by atoms with Crippen LogP contribution >= 0.6 is 11.6 Å². The molecule has 2 N–H and O–H groups in total. The van der Waals surface area contributed by atoms with Gasteiger partial charge in [-0.1, -0.05) is 11.6 Å². The molecule has 15 heavy (non-hydrogen) atoms. The lowest BCUT2D eigenvalue weighted by Crippen LogP contribution is -3.00. The molecule has 2 nitrogen and oxygen atoms in total. The van der Waals surface area contributed by atoms with Crippen molar-refractivity contribution in [3.63, 3.8) is 0 Å². The van der Waals surface area contributed by atoms with E-state index in [0.717, 1.165) is 24.5 Å². The molecule has 0 saturated heterocycles. The average Bonchev–Trinajstić information content (AvgIpc) is 2.56. The fourth-order valence-electron chi connectivity index (χ4n) is 2.14.